The number of nitrogens with one attached hydrogen (secondary N) is 2. The molecule has 0 aliphatic rings. The van der Waals surface area contributed by atoms with Gasteiger partial charge in [0.2, 0.25) is 5.91 Å². The third-order valence-electron chi connectivity index (χ3n) is 1.00. The first kappa shape index (κ1) is 11.2. The molecule has 0 aliphatic heterocycles. The Balaban J connectivity index is 3.90. The summed E-state index contributed by atoms with van der Waals surface area (Å²) in [6.07, 6.45) is 0. The van der Waals surface area contributed by atoms with Gasteiger partial charge in [-0.15, -0.1) is 0 Å². The fourth-order valence-electron chi connectivity index (χ4n) is 0.532. The predicted molar refractivity (Wildman–Crippen MR) is 43.6 cm³/mol. The highest BCUT2D eigenvalue weighted by Gasteiger charge is 2.08. The van der Waals surface area contributed by atoms with Crippen LogP contribution in [0.3, 0.4) is 0 Å². The monoisotopic (exact) mass is 186 g/mol. The molecule has 2 amide bonds. The second-order valence-corrected chi connectivity index (χ2v) is 2.24. The highest BCUT2D eigenvalue weighted by Crippen LogP contribution is 1.83. The molecule has 0 aromatic rings. The highest BCUT2D eigenvalue weighted by atomic mass is 16.4. The SMILES string of the molecule is C=C(NC(C)=O)C(=O)NCC(=O)O. The summed E-state index contributed by atoms with van der Waals surface area (Å²) in [6, 6.07) is 0. The average Bonchev–Trinajstić information content (AvgIpc) is 1.98. The predicted octanol–water partition coefficient (Wildman–Crippen LogP) is -1.16. The summed E-state index contributed by atoms with van der Waals surface area (Å²) in [4.78, 5) is 31.3. The van der Waals surface area contributed by atoms with E-state index in [1.54, 1.807) is 0 Å². The number of rotatable bonds is 4. The van der Waals surface area contributed by atoms with E-state index in [0.29, 0.717) is 0 Å². The van der Waals surface area contributed by atoms with E-state index >= 15 is 0 Å². The summed E-state index contributed by atoms with van der Waals surface area (Å²) in [5.41, 5.74) is -0.172. The Morgan fingerprint density at radius 1 is 1.38 bits per heavy atom. The van der Waals surface area contributed by atoms with E-state index in [2.05, 4.69) is 11.9 Å². The molecule has 72 valence electrons. The van der Waals surface area contributed by atoms with Crippen LogP contribution in [-0.2, 0) is 14.4 Å². The molecule has 3 N–H and O–H groups in total. The van der Waals surface area contributed by atoms with Crippen molar-refractivity contribution in [1.29, 1.82) is 0 Å². The van der Waals surface area contributed by atoms with Gasteiger partial charge in [0, 0.05) is 6.92 Å². The Morgan fingerprint density at radius 3 is 2.31 bits per heavy atom. The summed E-state index contributed by atoms with van der Waals surface area (Å²) in [6.45, 7) is 3.95. The third kappa shape index (κ3) is 5.42. The molecule has 0 aliphatic carbocycles. The fraction of sp³-hybridized carbons (Fsp3) is 0.286. The van der Waals surface area contributed by atoms with Gasteiger partial charge in [-0.05, 0) is 0 Å². The van der Waals surface area contributed by atoms with E-state index in [0.717, 1.165) is 0 Å². The molecule has 6 nitrogen and oxygen atoms in total. The minimum absolute atomic E-state index is 0.172. The maximum atomic E-state index is 10.9. The van der Waals surface area contributed by atoms with Crippen LogP contribution in [0.2, 0.25) is 0 Å². The number of carbonyl (C=O) groups is 3. The topological polar surface area (TPSA) is 95.5 Å². The van der Waals surface area contributed by atoms with Crippen molar-refractivity contribution in [3.8, 4) is 0 Å². The first-order valence-electron chi connectivity index (χ1n) is 3.40. The Bertz CT molecular complexity index is 259. The number of carboxylic acids is 1. The lowest BCUT2D eigenvalue weighted by atomic mass is 10.4. The average molecular weight is 186 g/mol. The molecule has 0 rings (SSSR count). The lowest BCUT2D eigenvalue weighted by molar-refractivity contribution is -0.137. The van der Waals surface area contributed by atoms with Gasteiger partial charge in [0.25, 0.3) is 5.91 Å². The normalized spacial score (nSPS) is 8.69. The van der Waals surface area contributed by atoms with Crippen LogP contribution in [0.25, 0.3) is 0 Å². The Morgan fingerprint density at radius 2 is 1.92 bits per heavy atom. The Labute approximate surface area is 74.6 Å². The summed E-state index contributed by atoms with van der Waals surface area (Å²) >= 11 is 0. The lowest BCUT2D eigenvalue weighted by Gasteiger charge is -2.04. The van der Waals surface area contributed by atoms with E-state index in [1.807, 2.05) is 5.32 Å². The van der Waals surface area contributed by atoms with Crippen molar-refractivity contribution in [2.24, 2.45) is 0 Å². The number of carboxylic acid groups (broad SMARTS) is 1. The van der Waals surface area contributed by atoms with Gasteiger partial charge in [-0.1, -0.05) is 6.58 Å². The number of hydrogen-bond donors (Lipinski definition) is 3. The molecular formula is C7H10N2O4. The number of amides is 2. The zero-order valence-corrected chi connectivity index (χ0v) is 7.09. The van der Waals surface area contributed by atoms with Crippen molar-refractivity contribution in [2.45, 2.75) is 6.92 Å². The van der Waals surface area contributed by atoms with Crippen molar-refractivity contribution in [2.75, 3.05) is 6.54 Å². The fourth-order valence-corrected chi connectivity index (χ4v) is 0.532. The first-order valence-corrected chi connectivity index (χ1v) is 3.40. The van der Waals surface area contributed by atoms with Gasteiger partial charge in [0.05, 0.1) is 5.70 Å². The summed E-state index contributed by atoms with van der Waals surface area (Å²) in [5, 5.41) is 12.4. The molecule has 0 bridgehead atoms. The van der Waals surface area contributed by atoms with Gasteiger partial charge in [0.1, 0.15) is 6.54 Å². The molecule has 0 aromatic heterocycles. The van der Waals surface area contributed by atoms with Crippen LogP contribution in [0.5, 0.6) is 0 Å². The van der Waals surface area contributed by atoms with Crippen LogP contribution in [0.4, 0.5) is 0 Å². The molecule has 0 heterocycles. The minimum Gasteiger partial charge on any atom is -0.480 e. The van der Waals surface area contributed by atoms with Gasteiger partial charge < -0.3 is 15.7 Å². The largest absolute Gasteiger partial charge is 0.480 e. The van der Waals surface area contributed by atoms with Gasteiger partial charge in [-0.2, -0.15) is 0 Å². The Kier molecular flexibility index (Phi) is 4.21. The number of hydrogen-bond acceptors (Lipinski definition) is 3. The molecule has 0 unspecified atom stereocenters. The second-order valence-electron chi connectivity index (χ2n) is 2.24. The van der Waals surface area contributed by atoms with Crippen LogP contribution < -0.4 is 10.6 Å². The van der Waals surface area contributed by atoms with Crippen LogP contribution in [-0.4, -0.2) is 29.4 Å². The van der Waals surface area contributed by atoms with Crippen LogP contribution in [0.1, 0.15) is 6.92 Å². The molecule has 0 atom stereocenters. The van der Waals surface area contributed by atoms with Crippen LogP contribution in [0, 0.1) is 0 Å². The molecule has 0 saturated heterocycles. The molecule has 0 radical (unpaired) electrons. The van der Waals surface area contributed by atoms with E-state index in [-0.39, 0.29) is 5.70 Å². The van der Waals surface area contributed by atoms with Crippen molar-refractivity contribution < 1.29 is 19.5 Å². The van der Waals surface area contributed by atoms with Crippen molar-refractivity contribution in [1.82, 2.24) is 10.6 Å². The molecule has 0 saturated carbocycles. The van der Waals surface area contributed by atoms with Gasteiger partial charge in [0.15, 0.2) is 0 Å². The maximum absolute atomic E-state index is 10.9. The zero-order valence-electron chi connectivity index (χ0n) is 7.09. The molecule has 13 heavy (non-hydrogen) atoms. The minimum atomic E-state index is -1.16. The van der Waals surface area contributed by atoms with Crippen LogP contribution in [0.15, 0.2) is 12.3 Å². The van der Waals surface area contributed by atoms with Gasteiger partial charge in [-0.3, -0.25) is 14.4 Å². The van der Waals surface area contributed by atoms with E-state index in [4.69, 9.17) is 5.11 Å². The van der Waals surface area contributed by atoms with E-state index < -0.39 is 24.3 Å². The molecule has 0 spiro atoms. The molecule has 0 aromatic carbocycles. The van der Waals surface area contributed by atoms with Gasteiger partial charge >= 0.3 is 5.97 Å². The summed E-state index contributed by atoms with van der Waals surface area (Å²) in [7, 11) is 0. The quantitative estimate of drug-likeness (QED) is 0.482. The standard InChI is InChI=1S/C7H10N2O4/c1-4(9-5(2)10)7(13)8-3-6(11)12/h1,3H2,2H3,(H,8,13)(H,9,10)(H,11,12). The van der Waals surface area contributed by atoms with E-state index in [1.165, 1.54) is 6.92 Å². The zero-order chi connectivity index (χ0) is 10.4. The summed E-state index contributed by atoms with van der Waals surface area (Å²) in [5.74, 6) is -2.31. The van der Waals surface area contributed by atoms with Crippen LogP contribution >= 0.6 is 0 Å². The maximum Gasteiger partial charge on any atom is 0.322 e. The first-order chi connectivity index (χ1) is 5.93. The van der Waals surface area contributed by atoms with Gasteiger partial charge in [-0.25, -0.2) is 0 Å². The van der Waals surface area contributed by atoms with Crippen molar-refractivity contribution in [3.05, 3.63) is 12.3 Å². The van der Waals surface area contributed by atoms with E-state index in [9.17, 15) is 14.4 Å². The molecular weight excluding hydrogens is 176 g/mol. The Hall–Kier alpha value is -1.85. The number of aliphatic carboxylic acids is 1. The third-order valence-corrected chi connectivity index (χ3v) is 1.00. The molecule has 6 heteroatoms. The smallest absolute Gasteiger partial charge is 0.322 e. The molecule has 0 fully saturated rings. The number of carbonyl (C=O) groups excluding carboxylic acids is 2. The highest BCUT2D eigenvalue weighted by molar-refractivity contribution is 5.97. The lowest BCUT2D eigenvalue weighted by Crippen LogP contribution is -2.35. The van der Waals surface area contributed by atoms with Crippen molar-refractivity contribution >= 4 is 17.8 Å². The second kappa shape index (κ2) is 4.91. The summed E-state index contributed by atoms with van der Waals surface area (Å²) < 4.78 is 0. The van der Waals surface area contributed by atoms with Crippen molar-refractivity contribution in [3.63, 3.8) is 0 Å².